The van der Waals surface area contributed by atoms with Crippen molar-refractivity contribution in [3.63, 3.8) is 0 Å². The molecule has 0 bridgehead atoms. The molecule has 0 saturated carbocycles. The predicted molar refractivity (Wildman–Crippen MR) is 105 cm³/mol. The third-order valence-electron chi connectivity index (χ3n) is 5.11. The quantitative estimate of drug-likeness (QED) is 0.228. The predicted octanol–water partition coefficient (Wildman–Crippen LogP) is 6.65. The summed E-state index contributed by atoms with van der Waals surface area (Å²) in [5.74, 6) is 0.378. The van der Waals surface area contributed by atoms with Crippen molar-refractivity contribution in [2.75, 3.05) is 13.1 Å². The lowest BCUT2D eigenvalue weighted by Gasteiger charge is -2.14. The third-order valence-corrected chi connectivity index (χ3v) is 5.11. The van der Waals surface area contributed by atoms with Crippen LogP contribution in [0.25, 0.3) is 0 Å². The minimum atomic E-state index is 0.378. The number of hydrogen-bond donors (Lipinski definition) is 0. The maximum atomic E-state index is 11.5. The van der Waals surface area contributed by atoms with Crippen molar-refractivity contribution >= 4 is 5.91 Å². The Morgan fingerprint density at radius 1 is 0.792 bits per heavy atom. The molecule has 0 aliphatic carbocycles. The van der Waals surface area contributed by atoms with Crippen molar-refractivity contribution in [2.45, 2.75) is 110 Å². The van der Waals surface area contributed by atoms with E-state index in [4.69, 9.17) is 0 Å². The highest BCUT2D eigenvalue weighted by Crippen LogP contribution is 2.13. The highest BCUT2D eigenvalue weighted by molar-refractivity contribution is 5.77. The molecule has 140 valence electrons. The number of carbonyl (C=O) groups excluding carboxylic acids is 1. The second kappa shape index (κ2) is 15.7. The first kappa shape index (κ1) is 21.3. The Morgan fingerprint density at radius 3 is 1.88 bits per heavy atom. The summed E-state index contributed by atoms with van der Waals surface area (Å²) in [4.78, 5) is 13.5. The summed E-state index contributed by atoms with van der Waals surface area (Å²) in [6.45, 7) is 4.28. The fraction of sp³-hybridized carbons (Fsp3) is 0.864. The second-order valence-corrected chi connectivity index (χ2v) is 7.42. The zero-order chi connectivity index (χ0) is 17.3. The Balaban J connectivity index is 1.74. The number of allylic oxidation sites excluding steroid dienone is 2. The molecule has 2 nitrogen and oxygen atoms in total. The Bertz CT molecular complexity index is 324. The Hall–Kier alpha value is -0.790. The van der Waals surface area contributed by atoms with Crippen LogP contribution in [0.3, 0.4) is 0 Å². The molecule has 1 heterocycles. The number of amides is 1. The molecule has 0 atom stereocenters. The standard InChI is InChI=1S/C22H41NO/c1-2-3-4-5-6-7-8-9-10-11-12-13-14-15-16-17-20-23-21-18-19-22(23)24/h9-10H,2-8,11-21H2,1H3/b10-9+. The molecule has 2 heteroatoms. The fourth-order valence-electron chi connectivity index (χ4n) is 3.49. The minimum Gasteiger partial charge on any atom is -0.343 e. The first-order chi connectivity index (χ1) is 11.8. The molecule has 1 rings (SSSR count). The molecule has 1 fully saturated rings. The van der Waals surface area contributed by atoms with E-state index >= 15 is 0 Å². The van der Waals surface area contributed by atoms with Crippen LogP contribution in [0.2, 0.25) is 0 Å². The normalized spacial score (nSPS) is 15.0. The van der Waals surface area contributed by atoms with E-state index in [1.165, 1.54) is 89.9 Å². The SMILES string of the molecule is CCCCCCCC/C=C/CCCCCCCCN1CCCC1=O. The van der Waals surface area contributed by atoms with Crippen LogP contribution >= 0.6 is 0 Å². The molecule has 0 spiro atoms. The van der Waals surface area contributed by atoms with Gasteiger partial charge in [-0.1, -0.05) is 76.9 Å². The molecule has 1 amide bonds. The van der Waals surface area contributed by atoms with Gasteiger partial charge in [-0.3, -0.25) is 4.79 Å². The number of nitrogens with zero attached hydrogens (tertiary/aromatic N) is 1. The largest absolute Gasteiger partial charge is 0.343 e. The van der Waals surface area contributed by atoms with Crippen molar-refractivity contribution in [3.8, 4) is 0 Å². The molecular weight excluding hydrogens is 294 g/mol. The third kappa shape index (κ3) is 11.7. The van der Waals surface area contributed by atoms with Crippen LogP contribution in [0.4, 0.5) is 0 Å². The van der Waals surface area contributed by atoms with Gasteiger partial charge in [0.15, 0.2) is 0 Å². The fourth-order valence-corrected chi connectivity index (χ4v) is 3.49. The first-order valence-corrected chi connectivity index (χ1v) is 10.8. The zero-order valence-electron chi connectivity index (χ0n) is 16.2. The van der Waals surface area contributed by atoms with E-state index in [2.05, 4.69) is 24.0 Å². The number of hydrogen-bond acceptors (Lipinski definition) is 1. The number of carbonyl (C=O) groups is 1. The molecule has 0 aromatic carbocycles. The molecule has 1 saturated heterocycles. The summed E-state index contributed by atoms with van der Waals surface area (Å²) in [7, 11) is 0. The van der Waals surface area contributed by atoms with Gasteiger partial charge in [0, 0.05) is 19.5 Å². The van der Waals surface area contributed by atoms with Crippen LogP contribution in [0.1, 0.15) is 110 Å². The summed E-state index contributed by atoms with van der Waals surface area (Å²) in [6, 6.07) is 0. The molecular formula is C22H41NO. The summed E-state index contributed by atoms with van der Waals surface area (Å²) in [5, 5.41) is 0. The average molecular weight is 336 g/mol. The maximum absolute atomic E-state index is 11.5. The summed E-state index contributed by atoms with van der Waals surface area (Å²) < 4.78 is 0. The number of unbranched alkanes of at least 4 members (excludes halogenated alkanes) is 12. The average Bonchev–Trinajstić information content (AvgIpc) is 2.99. The molecule has 0 N–H and O–H groups in total. The first-order valence-electron chi connectivity index (χ1n) is 10.8. The number of likely N-dealkylation sites (tertiary alicyclic amines) is 1. The van der Waals surface area contributed by atoms with E-state index in [1.807, 2.05) is 0 Å². The van der Waals surface area contributed by atoms with Crippen LogP contribution in [0, 0.1) is 0 Å². The lowest BCUT2D eigenvalue weighted by Crippen LogP contribution is -2.25. The van der Waals surface area contributed by atoms with E-state index in [0.29, 0.717) is 5.91 Å². The highest BCUT2D eigenvalue weighted by Gasteiger charge is 2.18. The number of rotatable bonds is 16. The summed E-state index contributed by atoms with van der Waals surface area (Å²) in [6.07, 6.45) is 25.5. The van der Waals surface area contributed by atoms with Crippen LogP contribution in [-0.4, -0.2) is 23.9 Å². The molecule has 0 unspecified atom stereocenters. The Labute approximate surface area is 151 Å². The highest BCUT2D eigenvalue weighted by atomic mass is 16.2. The van der Waals surface area contributed by atoms with E-state index in [-0.39, 0.29) is 0 Å². The topological polar surface area (TPSA) is 20.3 Å². The van der Waals surface area contributed by atoms with Crippen molar-refractivity contribution in [2.24, 2.45) is 0 Å². The van der Waals surface area contributed by atoms with E-state index in [9.17, 15) is 4.79 Å². The Kier molecular flexibility index (Phi) is 13.9. The van der Waals surface area contributed by atoms with E-state index < -0.39 is 0 Å². The van der Waals surface area contributed by atoms with Gasteiger partial charge < -0.3 is 4.90 Å². The lowest BCUT2D eigenvalue weighted by atomic mass is 10.1. The van der Waals surface area contributed by atoms with Gasteiger partial charge in [0.2, 0.25) is 5.91 Å². The van der Waals surface area contributed by atoms with E-state index in [0.717, 1.165) is 25.9 Å². The smallest absolute Gasteiger partial charge is 0.222 e. The van der Waals surface area contributed by atoms with Crippen molar-refractivity contribution in [1.29, 1.82) is 0 Å². The van der Waals surface area contributed by atoms with Gasteiger partial charge in [-0.25, -0.2) is 0 Å². The van der Waals surface area contributed by atoms with Gasteiger partial charge in [-0.2, -0.15) is 0 Å². The maximum Gasteiger partial charge on any atom is 0.222 e. The van der Waals surface area contributed by atoms with Crippen molar-refractivity contribution in [1.82, 2.24) is 4.90 Å². The van der Waals surface area contributed by atoms with Crippen LogP contribution in [0.15, 0.2) is 12.2 Å². The lowest BCUT2D eigenvalue weighted by molar-refractivity contribution is -0.127. The van der Waals surface area contributed by atoms with Gasteiger partial charge in [0.1, 0.15) is 0 Å². The monoisotopic (exact) mass is 335 g/mol. The van der Waals surface area contributed by atoms with Crippen molar-refractivity contribution < 1.29 is 4.79 Å². The molecule has 1 aliphatic heterocycles. The Morgan fingerprint density at radius 2 is 1.33 bits per heavy atom. The van der Waals surface area contributed by atoms with E-state index in [1.54, 1.807) is 0 Å². The summed E-state index contributed by atoms with van der Waals surface area (Å²) in [5.41, 5.74) is 0. The minimum absolute atomic E-state index is 0.378. The van der Waals surface area contributed by atoms with Crippen LogP contribution in [0.5, 0.6) is 0 Å². The van der Waals surface area contributed by atoms with Gasteiger partial charge in [-0.15, -0.1) is 0 Å². The second-order valence-electron chi connectivity index (χ2n) is 7.42. The molecule has 1 aliphatic rings. The van der Waals surface area contributed by atoms with Gasteiger partial charge >= 0.3 is 0 Å². The van der Waals surface area contributed by atoms with Crippen molar-refractivity contribution in [3.05, 3.63) is 12.2 Å². The zero-order valence-corrected chi connectivity index (χ0v) is 16.2. The molecule has 24 heavy (non-hydrogen) atoms. The molecule has 0 aromatic heterocycles. The van der Waals surface area contributed by atoms with Crippen LogP contribution in [-0.2, 0) is 4.79 Å². The summed E-state index contributed by atoms with van der Waals surface area (Å²) >= 11 is 0. The van der Waals surface area contributed by atoms with Gasteiger partial charge in [0.05, 0.1) is 0 Å². The molecule has 0 aromatic rings. The molecule has 0 radical (unpaired) electrons. The van der Waals surface area contributed by atoms with Crippen LogP contribution < -0.4 is 0 Å². The van der Waals surface area contributed by atoms with Gasteiger partial charge in [-0.05, 0) is 38.5 Å². The van der Waals surface area contributed by atoms with Gasteiger partial charge in [0.25, 0.3) is 0 Å².